The molecular weight excluding hydrogens is 726 g/mol. The third-order valence-corrected chi connectivity index (χ3v) is 7.48. The second kappa shape index (κ2) is 16.6. The first-order chi connectivity index (χ1) is 22.6. The van der Waals surface area contributed by atoms with E-state index in [-0.39, 0.29) is 42.7 Å². The van der Waals surface area contributed by atoms with Crippen LogP contribution in [0.1, 0.15) is 43.5 Å². The second-order valence-corrected chi connectivity index (χ2v) is 11.1. The van der Waals surface area contributed by atoms with E-state index < -0.39 is 23.9 Å². The van der Waals surface area contributed by atoms with Crippen LogP contribution in [0.5, 0.6) is 23.0 Å². The van der Waals surface area contributed by atoms with Crippen molar-refractivity contribution in [3.8, 4) is 23.0 Å². The third kappa shape index (κ3) is 9.34. The van der Waals surface area contributed by atoms with Gasteiger partial charge in [-0.25, -0.2) is 19.4 Å². The number of rotatable bonds is 14. The summed E-state index contributed by atoms with van der Waals surface area (Å²) < 4.78 is 42.0. The van der Waals surface area contributed by atoms with E-state index in [1.165, 1.54) is 25.5 Å². The Bertz CT molecular complexity index is 1680. The van der Waals surface area contributed by atoms with E-state index in [9.17, 15) is 18.8 Å². The monoisotopic (exact) mass is 760 g/mol. The van der Waals surface area contributed by atoms with Gasteiger partial charge in [0.05, 0.1) is 41.7 Å². The Morgan fingerprint density at radius 1 is 1.00 bits per heavy atom. The molecule has 0 fully saturated rings. The number of carbonyl (C=O) groups excluding carboxylic acids is 3. The lowest BCUT2D eigenvalue weighted by molar-refractivity contribution is -0.139. The Balaban J connectivity index is 1.38. The first-order valence-corrected chi connectivity index (χ1v) is 15.6. The van der Waals surface area contributed by atoms with Crippen LogP contribution in [-0.2, 0) is 20.9 Å². The van der Waals surface area contributed by atoms with Crippen molar-refractivity contribution in [3.63, 3.8) is 0 Å². The molecule has 0 saturated carbocycles. The van der Waals surface area contributed by atoms with Gasteiger partial charge in [0.25, 0.3) is 5.91 Å². The maximum absolute atomic E-state index is 13.2. The minimum Gasteiger partial charge on any atom is -0.493 e. The number of carbonyl (C=O) groups is 3. The van der Waals surface area contributed by atoms with Gasteiger partial charge in [-0.15, -0.1) is 0 Å². The molecule has 3 aromatic carbocycles. The first kappa shape index (κ1) is 35.0. The number of ether oxygens (including phenoxy) is 5. The lowest BCUT2D eigenvalue weighted by Gasteiger charge is -2.28. The van der Waals surface area contributed by atoms with Crippen molar-refractivity contribution in [1.29, 1.82) is 0 Å². The molecule has 0 aliphatic carbocycles. The molecule has 0 spiro atoms. The van der Waals surface area contributed by atoms with Gasteiger partial charge in [-0.05, 0) is 96.5 Å². The van der Waals surface area contributed by atoms with Gasteiger partial charge in [-0.3, -0.25) is 4.79 Å². The molecule has 0 unspecified atom stereocenters. The summed E-state index contributed by atoms with van der Waals surface area (Å²) in [7, 11) is 1.43. The van der Waals surface area contributed by atoms with E-state index in [2.05, 4.69) is 43.8 Å². The van der Waals surface area contributed by atoms with Crippen LogP contribution in [0, 0.1) is 9.39 Å². The number of amides is 3. The molecule has 3 amide bonds. The molecule has 3 aromatic rings. The zero-order valence-corrected chi connectivity index (χ0v) is 28.3. The maximum Gasteiger partial charge on any atom is 0.338 e. The van der Waals surface area contributed by atoms with Crippen LogP contribution in [-0.4, -0.2) is 51.1 Å². The number of esters is 1. The predicted octanol–water partition coefficient (Wildman–Crippen LogP) is 5.14. The van der Waals surface area contributed by atoms with Gasteiger partial charge < -0.3 is 34.3 Å². The van der Waals surface area contributed by atoms with Crippen LogP contribution in [0.4, 0.5) is 9.18 Å². The van der Waals surface area contributed by atoms with E-state index in [1.807, 2.05) is 13.0 Å². The molecule has 0 bridgehead atoms. The van der Waals surface area contributed by atoms with Gasteiger partial charge in [0.1, 0.15) is 12.4 Å². The minimum absolute atomic E-state index is 0.174. The number of hydrazone groups is 1. The van der Waals surface area contributed by atoms with Crippen molar-refractivity contribution < 1.29 is 42.5 Å². The summed E-state index contributed by atoms with van der Waals surface area (Å²) in [6.07, 6.45) is 1.46. The number of nitrogens with zero attached hydrogens (tertiary/aromatic N) is 1. The molecule has 0 radical (unpaired) electrons. The van der Waals surface area contributed by atoms with Crippen LogP contribution < -0.4 is 35.0 Å². The Morgan fingerprint density at radius 3 is 2.47 bits per heavy atom. The molecule has 4 rings (SSSR count). The number of halogens is 2. The summed E-state index contributed by atoms with van der Waals surface area (Å²) in [5, 5.41) is 9.35. The highest BCUT2D eigenvalue weighted by atomic mass is 127. The third-order valence-electron chi connectivity index (χ3n) is 6.68. The van der Waals surface area contributed by atoms with Gasteiger partial charge in [0.15, 0.2) is 29.6 Å². The summed E-state index contributed by atoms with van der Waals surface area (Å²) in [5.41, 5.74) is 5.07. The molecule has 12 nitrogen and oxygen atoms in total. The van der Waals surface area contributed by atoms with E-state index in [1.54, 1.807) is 50.2 Å². The summed E-state index contributed by atoms with van der Waals surface area (Å²) in [6, 6.07) is 13.2. The Hall–Kier alpha value is -4.86. The van der Waals surface area contributed by atoms with E-state index in [4.69, 9.17) is 23.7 Å². The Labute approximate surface area is 284 Å². The molecular formula is C33H34FIN4O8. The quantitative estimate of drug-likeness (QED) is 0.0888. The fraction of sp³-hybridized carbons (Fsp3) is 0.273. The van der Waals surface area contributed by atoms with E-state index >= 15 is 0 Å². The highest BCUT2D eigenvalue weighted by Gasteiger charge is 2.32. The molecule has 0 aromatic heterocycles. The number of methoxy groups -OCH3 is 1. The minimum atomic E-state index is -0.787. The number of nitrogens with one attached hydrogen (secondary N) is 3. The highest BCUT2D eigenvalue weighted by Crippen LogP contribution is 2.36. The van der Waals surface area contributed by atoms with E-state index in [0.717, 1.165) is 9.13 Å². The van der Waals surface area contributed by atoms with Crippen LogP contribution in [0.3, 0.4) is 0 Å². The average Bonchev–Trinajstić information content (AvgIpc) is 3.04. The SMILES string of the molecule is CCOC(=O)C1=C(C)NC(=O)N[C@H]1c1ccc(OCC(=O)N/N=C\c2cc(I)c(OCc3ccc(F)cc3)c(OCC)c2)c(OC)c1. The topological polar surface area (TPSA) is 146 Å². The van der Waals surface area contributed by atoms with Crippen molar-refractivity contribution in [2.75, 3.05) is 26.9 Å². The number of hydrogen-bond donors (Lipinski definition) is 3. The molecule has 0 saturated heterocycles. The van der Waals surface area contributed by atoms with Crippen LogP contribution in [0.2, 0.25) is 0 Å². The summed E-state index contributed by atoms with van der Waals surface area (Å²) in [4.78, 5) is 37.3. The Morgan fingerprint density at radius 2 is 1.77 bits per heavy atom. The zero-order chi connectivity index (χ0) is 33.9. The number of hydrogen-bond acceptors (Lipinski definition) is 9. The molecule has 47 heavy (non-hydrogen) atoms. The molecule has 14 heteroatoms. The molecule has 248 valence electrons. The molecule has 1 atom stereocenters. The fourth-order valence-electron chi connectivity index (χ4n) is 4.56. The Kier molecular flexibility index (Phi) is 12.4. The normalized spacial score (nSPS) is 14.3. The average molecular weight is 761 g/mol. The highest BCUT2D eigenvalue weighted by molar-refractivity contribution is 14.1. The summed E-state index contributed by atoms with van der Waals surface area (Å²) in [5.74, 6) is 0.177. The number of allylic oxidation sites excluding steroid dienone is 1. The van der Waals surface area contributed by atoms with Crippen molar-refractivity contribution in [1.82, 2.24) is 16.1 Å². The van der Waals surface area contributed by atoms with Crippen molar-refractivity contribution in [3.05, 3.63) is 91.9 Å². The fourth-order valence-corrected chi connectivity index (χ4v) is 5.34. The van der Waals surface area contributed by atoms with Gasteiger partial charge in [-0.1, -0.05) is 18.2 Å². The van der Waals surface area contributed by atoms with E-state index in [0.29, 0.717) is 34.9 Å². The second-order valence-electron chi connectivity index (χ2n) is 9.96. The largest absolute Gasteiger partial charge is 0.493 e. The molecule has 1 heterocycles. The van der Waals surface area contributed by atoms with Crippen molar-refractivity contribution in [2.24, 2.45) is 5.10 Å². The maximum atomic E-state index is 13.2. The first-order valence-electron chi connectivity index (χ1n) is 14.5. The van der Waals surface area contributed by atoms with Crippen LogP contribution in [0.25, 0.3) is 0 Å². The summed E-state index contributed by atoms with van der Waals surface area (Å²) in [6.45, 7) is 5.60. The van der Waals surface area contributed by atoms with Gasteiger partial charge in [0, 0.05) is 5.70 Å². The van der Waals surface area contributed by atoms with Crippen molar-refractivity contribution in [2.45, 2.75) is 33.4 Å². The lowest BCUT2D eigenvalue weighted by atomic mass is 9.95. The van der Waals surface area contributed by atoms with Gasteiger partial charge >= 0.3 is 12.0 Å². The molecule has 1 aliphatic heterocycles. The molecule has 3 N–H and O–H groups in total. The number of benzene rings is 3. The standard InChI is InChI=1S/C33H34FIN4O8/c1-5-44-27-14-21(13-24(35)31(27)47-17-20-7-10-23(34)11-8-20)16-36-39-28(40)18-46-25-12-9-22(15-26(25)43-4)30-29(32(41)45-6-2)19(3)37-33(42)38-30/h7-16,30H,5-6,17-18H2,1-4H3,(H,39,40)(H2,37,38,42)/b36-16-/t30-/m0/s1. The van der Waals surface area contributed by atoms with Crippen LogP contribution >= 0.6 is 22.6 Å². The molecule has 1 aliphatic rings. The smallest absolute Gasteiger partial charge is 0.338 e. The van der Waals surface area contributed by atoms with Gasteiger partial charge in [-0.2, -0.15) is 5.10 Å². The zero-order valence-electron chi connectivity index (χ0n) is 26.1. The number of urea groups is 1. The lowest BCUT2D eigenvalue weighted by Crippen LogP contribution is -2.45. The summed E-state index contributed by atoms with van der Waals surface area (Å²) >= 11 is 2.12. The van der Waals surface area contributed by atoms with Crippen molar-refractivity contribution >= 4 is 46.7 Å². The van der Waals surface area contributed by atoms with Gasteiger partial charge in [0.2, 0.25) is 0 Å². The van der Waals surface area contributed by atoms with Crippen LogP contribution in [0.15, 0.2) is 71.0 Å². The predicted molar refractivity (Wildman–Crippen MR) is 179 cm³/mol.